The molecule has 0 spiro atoms. The van der Waals surface area contributed by atoms with E-state index in [1.807, 2.05) is 0 Å². The van der Waals surface area contributed by atoms with Gasteiger partial charge in [0.2, 0.25) is 0 Å². The third kappa shape index (κ3) is 2.44. The van der Waals surface area contributed by atoms with Crippen molar-refractivity contribution in [1.82, 2.24) is 0 Å². The Bertz CT molecular complexity index is 664. The summed E-state index contributed by atoms with van der Waals surface area (Å²) in [6.45, 7) is 1.01. The Labute approximate surface area is 120 Å². The molecule has 0 bridgehead atoms. The van der Waals surface area contributed by atoms with Crippen LogP contribution >= 0.6 is 11.6 Å². The number of anilines is 3. The fourth-order valence-corrected chi connectivity index (χ4v) is 2.12. The van der Waals surface area contributed by atoms with Crippen LogP contribution in [0.15, 0.2) is 30.3 Å². The van der Waals surface area contributed by atoms with Gasteiger partial charge in [-0.3, -0.25) is 0 Å². The van der Waals surface area contributed by atoms with Crippen molar-refractivity contribution >= 4 is 28.7 Å². The van der Waals surface area contributed by atoms with E-state index < -0.39 is 5.82 Å². The van der Waals surface area contributed by atoms with E-state index >= 15 is 0 Å². The maximum Gasteiger partial charge on any atom is 0.163 e. The van der Waals surface area contributed by atoms with Crippen LogP contribution in [0.5, 0.6) is 11.5 Å². The molecule has 20 heavy (non-hydrogen) atoms. The Morgan fingerprint density at radius 2 is 1.80 bits per heavy atom. The number of hydrogen-bond acceptors (Lipinski definition) is 4. The summed E-state index contributed by atoms with van der Waals surface area (Å²) in [5.74, 6) is 0.782. The standard InChI is InChI=1S/C14H12ClFN2O2/c15-9-5-8(1-2-10(9)16)18-12-7-14-13(6-11(12)17)19-3-4-20-14/h1-2,5-7,18H,3-4,17H2. The zero-order valence-electron chi connectivity index (χ0n) is 10.5. The zero-order chi connectivity index (χ0) is 14.1. The van der Waals surface area contributed by atoms with Crippen LogP contribution in [0.1, 0.15) is 0 Å². The minimum Gasteiger partial charge on any atom is -0.486 e. The molecule has 0 saturated heterocycles. The Morgan fingerprint density at radius 1 is 1.10 bits per heavy atom. The molecule has 0 aliphatic carbocycles. The van der Waals surface area contributed by atoms with E-state index in [1.165, 1.54) is 12.1 Å². The predicted octanol–water partition coefficient (Wildman–Crippen LogP) is 3.58. The molecular formula is C14H12ClFN2O2. The van der Waals surface area contributed by atoms with Gasteiger partial charge in [0.25, 0.3) is 0 Å². The van der Waals surface area contributed by atoms with Crippen molar-refractivity contribution in [2.45, 2.75) is 0 Å². The molecule has 0 fully saturated rings. The molecule has 0 unspecified atom stereocenters. The van der Waals surface area contributed by atoms with Crippen molar-refractivity contribution in [1.29, 1.82) is 0 Å². The maximum atomic E-state index is 13.1. The van der Waals surface area contributed by atoms with Gasteiger partial charge in [-0.1, -0.05) is 11.6 Å². The van der Waals surface area contributed by atoms with Gasteiger partial charge < -0.3 is 20.5 Å². The first-order valence-electron chi connectivity index (χ1n) is 6.04. The Kier molecular flexibility index (Phi) is 3.28. The van der Waals surface area contributed by atoms with Gasteiger partial charge in [-0.05, 0) is 18.2 Å². The normalized spacial score (nSPS) is 13.1. The first kappa shape index (κ1) is 12.9. The molecule has 0 aromatic heterocycles. The summed E-state index contributed by atoms with van der Waals surface area (Å²) in [6.07, 6.45) is 0. The van der Waals surface area contributed by atoms with Crippen LogP contribution < -0.4 is 20.5 Å². The average Bonchev–Trinajstić information content (AvgIpc) is 2.44. The molecule has 0 atom stereocenters. The van der Waals surface area contributed by atoms with E-state index in [0.29, 0.717) is 41.8 Å². The second-order valence-corrected chi connectivity index (χ2v) is 4.74. The molecule has 6 heteroatoms. The van der Waals surface area contributed by atoms with Gasteiger partial charge >= 0.3 is 0 Å². The monoisotopic (exact) mass is 294 g/mol. The minimum atomic E-state index is -0.465. The number of nitrogens with one attached hydrogen (secondary N) is 1. The average molecular weight is 295 g/mol. The largest absolute Gasteiger partial charge is 0.486 e. The molecule has 2 aromatic carbocycles. The molecule has 0 saturated carbocycles. The van der Waals surface area contributed by atoms with Crippen molar-refractivity contribution in [2.24, 2.45) is 0 Å². The van der Waals surface area contributed by atoms with Gasteiger partial charge in [0.05, 0.1) is 16.4 Å². The summed E-state index contributed by atoms with van der Waals surface area (Å²) in [7, 11) is 0. The van der Waals surface area contributed by atoms with Gasteiger partial charge in [-0.15, -0.1) is 0 Å². The number of rotatable bonds is 2. The lowest BCUT2D eigenvalue weighted by molar-refractivity contribution is 0.172. The summed E-state index contributed by atoms with van der Waals surface area (Å²) in [6, 6.07) is 7.81. The van der Waals surface area contributed by atoms with E-state index in [0.717, 1.165) is 0 Å². The smallest absolute Gasteiger partial charge is 0.163 e. The number of ether oxygens (including phenoxy) is 2. The lowest BCUT2D eigenvalue weighted by Gasteiger charge is -2.20. The Hall–Kier alpha value is -2.14. The molecule has 0 radical (unpaired) electrons. The number of fused-ring (bicyclic) bond motifs is 1. The predicted molar refractivity (Wildman–Crippen MR) is 76.5 cm³/mol. The van der Waals surface area contributed by atoms with E-state index in [2.05, 4.69) is 5.32 Å². The van der Waals surface area contributed by atoms with Crippen LogP contribution in [-0.2, 0) is 0 Å². The zero-order valence-corrected chi connectivity index (χ0v) is 11.2. The molecule has 3 rings (SSSR count). The first-order valence-corrected chi connectivity index (χ1v) is 6.42. The quantitative estimate of drug-likeness (QED) is 0.831. The van der Waals surface area contributed by atoms with Crippen LogP contribution in [0, 0.1) is 5.82 Å². The molecule has 1 aliphatic rings. The SMILES string of the molecule is Nc1cc2c(cc1Nc1ccc(F)c(Cl)c1)OCCO2. The van der Waals surface area contributed by atoms with Gasteiger partial charge in [0, 0.05) is 17.8 Å². The summed E-state index contributed by atoms with van der Waals surface area (Å²) in [5.41, 5.74) is 7.75. The highest BCUT2D eigenvalue weighted by molar-refractivity contribution is 6.31. The van der Waals surface area contributed by atoms with Crippen molar-refractivity contribution in [2.75, 3.05) is 24.3 Å². The van der Waals surface area contributed by atoms with Crippen molar-refractivity contribution in [3.8, 4) is 11.5 Å². The van der Waals surface area contributed by atoms with Crippen molar-refractivity contribution in [3.63, 3.8) is 0 Å². The maximum absolute atomic E-state index is 13.1. The number of benzene rings is 2. The lowest BCUT2D eigenvalue weighted by Crippen LogP contribution is -2.15. The van der Waals surface area contributed by atoms with E-state index in [-0.39, 0.29) is 5.02 Å². The van der Waals surface area contributed by atoms with Gasteiger partial charge in [-0.25, -0.2) is 4.39 Å². The van der Waals surface area contributed by atoms with E-state index in [9.17, 15) is 4.39 Å². The molecule has 4 nitrogen and oxygen atoms in total. The van der Waals surface area contributed by atoms with Crippen LogP contribution in [0.25, 0.3) is 0 Å². The third-order valence-electron chi connectivity index (χ3n) is 2.91. The highest BCUT2D eigenvalue weighted by Gasteiger charge is 2.15. The highest BCUT2D eigenvalue weighted by atomic mass is 35.5. The van der Waals surface area contributed by atoms with Gasteiger partial charge in [-0.2, -0.15) is 0 Å². The molecule has 1 aliphatic heterocycles. The molecule has 0 amide bonds. The topological polar surface area (TPSA) is 56.5 Å². The number of nitrogens with two attached hydrogens (primary N) is 1. The first-order chi connectivity index (χ1) is 9.63. The summed E-state index contributed by atoms with van der Waals surface area (Å²) < 4.78 is 24.1. The van der Waals surface area contributed by atoms with Crippen molar-refractivity contribution in [3.05, 3.63) is 41.2 Å². The minimum absolute atomic E-state index is 0.0473. The van der Waals surface area contributed by atoms with Crippen LogP contribution in [0.2, 0.25) is 5.02 Å². The van der Waals surface area contributed by atoms with Crippen LogP contribution in [0.3, 0.4) is 0 Å². The molecule has 3 N–H and O–H groups in total. The summed E-state index contributed by atoms with van der Waals surface area (Å²) in [5, 5.41) is 3.13. The fraction of sp³-hybridized carbons (Fsp3) is 0.143. The lowest BCUT2D eigenvalue weighted by atomic mass is 10.2. The van der Waals surface area contributed by atoms with Gasteiger partial charge in [0.1, 0.15) is 19.0 Å². The van der Waals surface area contributed by atoms with Crippen LogP contribution in [-0.4, -0.2) is 13.2 Å². The second kappa shape index (κ2) is 5.09. The Balaban J connectivity index is 1.92. The molecule has 2 aromatic rings. The number of nitrogen functional groups attached to an aromatic ring is 1. The Morgan fingerprint density at radius 3 is 2.50 bits per heavy atom. The summed E-state index contributed by atoms with van der Waals surface area (Å²) >= 11 is 5.74. The van der Waals surface area contributed by atoms with Crippen LogP contribution in [0.4, 0.5) is 21.5 Å². The number of halogens is 2. The second-order valence-electron chi connectivity index (χ2n) is 4.34. The molecular weight excluding hydrogens is 283 g/mol. The van der Waals surface area contributed by atoms with E-state index in [4.69, 9.17) is 26.8 Å². The van der Waals surface area contributed by atoms with Crippen molar-refractivity contribution < 1.29 is 13.9 Å². The number of hydrogen-bond donors (Lipinski definition) is 2. The third-order valence-corrected chi connectivity index (χ3v) is 3.20. The highest BCUT2D eigenvalue weighted by Crippen LogP contribution is 2.38. The summed E-state index contributed by atoms with van der Waals surface area (Å²) in [4.78, 5) is 0. The molecule has 1 heterocycles. The fourth-order valence-electron chi connectivity index (χ4n) is 1.94. The van der Waals surface area contributed by atoms with Gasteiger partial charge in [0.15, 0.2) is 11.5 Å². The molecule has 104 valence electrons. The van der Waals surface area contributed by atoms with E-state index in [1.54, 1.807) is 18.2 Å².